The van der Waals surface area contributed by atoms with Crippen LogP contribution in [0.15, 0.2) is 36.7 Å². The van der Waals surface area contributed by atoms with Crippen molar-refractivity contribution in [3.05, 3.63) is 48.0 Å². The van der Waals surface area contributed by atoms with Crippen LogP contribution in [-0.2, 0) is 16.9 Å². The van der Waals surface area contributed by atoms with Crippen LogP contribution in [0.5, 0.6) is 6.01 Å². The van der Waals surface area contributed by atoms with Crippen molar-refractivity contribution in [3.63, 3.8) is 0 Å². The standard InChI is InChI=1S/C29H35FN8O4S/c1-18-15-38(16-19(2)32-18)25-5-4-22(28(39)33-21-12-20-17-36(3)35-26(20)24(30)13-21)27-23(25)14-31-29(34-27)42-9-6-37-7-10-43(40,41)11-8-37/h4-5,12-14,17-19,32H,6-11,15-16H2,1-3H3,(H,33,39)/t18-,19-/m0/s1. The number of aromatic nitrogens is 4. The number of rotatable bonds is 7. The van der Waals surface area contributed by atoms with Gasteiger partial charge in [-0.15, -0.1) is 0 Å². The maximum atomic E-state index is 14.7. The summed E-state index contributed by atoms with van der Waals surface area (Å²) in [6, 6.07) is 7.23. The summed E-state index contributed by atoms with van der Waals surface area (Å²) in [5.74, 6) is -0.691. The molecule has 6 rings (SSSR count). The summed E-state index contributed by atoms with van der Waals surface area (Å²) in [5, 5.41) is 11.8. The smallest absolute Gasteiger partial charge is 0.316 e. The van der Waals surface area contributed by atoms with Crippen LogP contribution in [0.1, 0.15) is 24.2 Å². The Bertz CT molecular complexity index is 1770. The number of aryl methyl sites for hydroxylation is 1. The van der Waals surface area contributed by atoms with E-state index in [1.807, 2.05) is 11.0 Å². The topological polar surface area (TPSA) is 135 Å². The highest BCUT2D eigenvalue weighted by atomic mass is 32.2. The Kier molecular flexibility index (Phi) is 7.92. The first-order valence-corrected chi connectivity index (χ1v) is 16.2. The Morgan fingerprint density at radius 2 is 1.88 bits per heavy atom. The molecule has 2 N–H and O–H groups in total. The molecule has 228 valence electrons. The number of hydrogen-bond acceptors (Lipinski definition) is 10. The molecular formula is C29H35FN8O4S. The van der Waals surface area contributed by atoms with Gasteiger partial charge >= 0.3 is 6.01 Å². The quantitative estimate of drug-likeness (QED) is 0.321. The highest BCUT2D eigenvalue weighted by molar-refractivity contribution is 7.91. The third-order valence-corrected chi connectivity index (χ3v) is 9.47. The van der Waals surface area contributed by atoms with Crippen molar-refractivity contribution in [3.8, 4) is 6.01 Å². The third-order valence-electron chi connectivity index (χ3n) is 7.86. The van der Waals surface area contributed by atoms with Crippen LogP contribution in [0, 0.1) is 5.82 Å². The summed E-state index contributed by atoms with van der Waals surface area (Å²) in [6.45, 7) is 7.54. The van der Waals surface area contributed by atoms with Crippen LogP contribution in [0.2, 0.25) is 0 Å². The summed E-state index contributed by atoms with van der Waals surface area (Å²) < 4.78 is 45.6. The van der Waals surface area contributed by atoms with E-state index in [9.17, 15) is 17.6 Å². The van der Waals surface area contributed by atoms with Gasteiger partial charge in [0.25, 0.3) is 5.91 Å². The van der Waals surface area contributed by atoms with Crippen LogP contribution < -0.4 is 20.3 Å². The van der Waals surface area contributed by atoms with Crippen LogP contribution in [0.4, 0.5) is 15.8 Å². The molecule has 4 heterocycles. The van der Waals surface area contributed by atoms with E-state index in [0.717, 1.165) is 18.8 Å². The molecule has 2 aliphatic rings. The molecule has 4 aromatic rings. The van der Waals surface area contributed by atoms with Crippen molar-refractivity contribution in [2.75, 3.05) is 61.1 Å². The van der Waals surface area contributed by atoms with Crippen LogP contribution in [-0.4, -0.2) is 102 Å². The number of hydrogen-bond donors (Lipinski definition) is 2. The van der Waals surface area contributed by atoms with Gasteiger partial charge in [-0.1, -0.05) is 0 Å². The van der Waals surface area contributed by atoms with Crippen LogP contribution in [0.3, 0.4) is 0 Å². The second kappa shape index (κ2) is 11.7. The first-order valence-electron chi connectivity index (χ1n) is 14.4. The SMILES string of the molecule is C[C@H]1CN(c2ccc(C(=O)Nc3cc(F)c4nn(C)cc4c3)c3nc(OCCN4CCS(=O)(=O)CC4)ncc23)C[C@H](C)N1. The summed E-state index contributed by atoms with van der Waals surface area (Å²) in [5.41, 5.74) is 2.17. The number of amides is 1. The fourth-order valence-corrected chi connectivity index (χ4v) is 7.14. The highest BCUT2D eigenvalue weighted by Crippen LogP contribution is 2.31. The molecular weight excluding hydrogens is 575 g/mol. The van der Waals surface area contributed by atoms with E-state index in [-0.39, 0.29) is 41.7 Å². The average Bonchev–Trinajstić information content (AvgIpc) is 3.33. The highest BCUT2D eigenvalue weighted by Gasteiger charge is 2.25. The molecule has 0 aliphatic carbocycles. The molecule has 2 aliphatic heterocycles. The van der Waals surface area contributed by atoms with Gasteiger partial charge in [-0.3, -0.25) is 14.4 Å². The lowest BCUT2D eigenvalue weighted by Crippen LogP contribution is -2.54. The lowest BCUT2D eigenvalue weighted by atomic mass is 10.0. The second-order valence-electron chi connectivity index (χ2n) is 11.4. The number of piperazine rings is 1. The average molecular weight is 611 g/mol. The monoisotopic (exact) mass is 610 g/mol. The lowest BCUT2D eigenvalue weighted by molar-refractivity contribution is 0.102. The van der Waals surface area contributed by atoms with Gasteiger partial charge in [0.05, 0.1) is 22.6 Å². The minimum absolute atomic E-state index is 0.119. The number of ether oxygens (including phenoxy) is 1. The molecule has 2 aromatic heterocycles. The summed E-state index contributed by atoms with van der Waals surface area (Å²) in [6.07, 6.45) is 3.36. The molecule has 2 saturated heterocycles. The first kappa shape index (κ1) is 29.2. The number of nitrogens with zero attached hydrogens (tertiary/aromatic N) is 6. The predicted octanol–water partition coefficient (Wildman–Crippen LogP) is 2.20. The van der Waals surface area contributed by atoms with Gasteiger partial charge < -0.3 is 20.3 Å². The van der Waals surface area contributed by atoms with Crippen molar-refractivity contribution in [1.29, 1.82) is 0 Å². The number of anilines is 2. The van der Waals surface area contributed by atoms with Crippen molar-refractivity contribution in [2.45, 2.75) is 25.9 Å². The number of fused-ring (bicyclic) bond motifs is 2. The third kappa shape index (κ3) is 6.40. The van der Waals surface area contributed by atoms with Crippen molar-refractivity contribution in [2.24, 2.45) is 7.05 Å². The van der Waals surface area contributed by atoms with Gasteiger partial charge in [-0.25, -0.2) is 17.8 Å². The number of carbonyl (C=O) groups is 1. The van der Waals surface area contributed by atoms with E-state index in [0.29, 0.717) is 47.2 Å². The van der Waals surface area contributed by atoms with E-state index in [2.05, 4.69) is 44.4 Å². The largest absolute Gasteiger partial charge is 0.462 e. The maximum Gasteiger partial charge on any atom is 0.316 e. The van der Waals surface area contributed by atoms with Crippen molar-refractivity contribution >= 4 is 48.9 Å². The fourth-order valence-electron chi connectivity index (χ4n) is 5.86. The molecule has 0 unspecified atom stereocenters. The summed E-state index contributed by atoms with van der Waals surface area (Å²) in [7, 11) is -1.25. The number of sulfone groups is 1. The Balaban J connectivity index is 1.29. The Labute approximate surface area is 249 Å². The van der Waals surface area contributed by atoms with Gasteiger partial charge in [0.15, 0.2) is 15.7 Å². The van der Waals surface area contributed by atoms with Gasteiger partial charge in [-0.05, 0) is 38.1 Å². The number of carbonyl (C=O) groups excluding carboxylic acids is 1. The number of nitrogens with one attached hydrogen (secondary N) is 2. The molecule has 43 heavy (non-hydrogen) atoms. The van der Waals surface area contributed by atoms with Crippen LogP contribution >= 0.6 is 0 Å². The molecule has 2 aromatic carbocycles. The Morgan fingerprint density at radius 1 is 1.14 bits per heavy atom. The van der Waals surface area contributed by atoms with E-state index >= 15 is 0 Å². The van der Waals surface area contributed by atoms with E-state index in [4.69, 9.17) is 4.74 Å². The molecule has 1 amide bonds. The van der Waals surface area contributed by atoms with Gasteiger partial charge in [-0.2, -0.15) is 10.1 Å². The fraction of sp³-hybridized carbons (Fsp3) is 0.448. The zero-order valence-electron chi connectivity index (χ0n) is 24.4. The Hall–Kier alpha value is -3.88. The molecule has 0 saturated carbocycles. The predicted molar refractivity (Wildman–Crippen MR) is 163 cm³/mol. The summed E-state index contributed by atoms with van der Waals surface area (Å²) >= 11 is 0. The van der Waals surface area contributed by atoms with Gasteiger partial charge in [0, 0.05) is 86.4 Å². The number of benzene rings is 2. The number of halogens is 1. The first-order chi connectivity index (χ1) is 20.5. The molecule has 14 heteroatoms. The van der Waals surface area contributed by atoms with Gasteiger partial charge in [0.2, 0.25) is 0 Å². The van der Waals surface area contributed by atoms with E-state index < -0.39 is 21.6 Å². The molecule has 2 atom stereocenters. The minimum atomic E-state index is -2.96. The Morgan fingerprint density at radius 3 is 2.63 bits per heavy atom. The van der Waals surface area contributed by atoms with Crippen molar-refractivity contribution in [1.82, 2.24) is 30.0 Å². The molecule has 0 radical (unpaired) electrons. The van der Waals surface area contributed by atoms with Crippen LogP contribution in [0.25, 0.3) is 21.8 Å². The van der Waals surface area contributed by atoms with Gasteiger partial charge in [0.1, 0.15) is 12.1 Å². The molecule has 2 fully saturated rings. The minimum Gasteiger partial charge on any atom is -0.462 e. The van der Waals surface area contributed by atoms with E-state index in [1.54, 1.807) is 31.6 Å². The van der Waals surface area contributed by atoms with E-state index in [1.165, 1.54) is 10.7 Å². The lowest BCUT2D eigenvalue weighted by Gasteiger charge is -2.38. The molecule has 12 nitrogen and oxygen atoms in total. The maximum absolute atomic E-state index is 14.7. The zero-order chi connectivity index (χ0) is 30.3. The molecule has 0 spiro atoms. The van der Waals surface area contributed by atoms with Crippen molar-refractivity contribution < 1.29 is 22.3 Å². The zero-order valence-corrected chi connectivity index (χ0v) is 25.2. The second-order valence-corrected chi connectivity index (χ2v) is 13.7. The summed E-state index contributed by atoms with van der Waals surface area (Å²) in [4.78, 5) is 27.0. The molecule has 0 bridgehead atoms. The normalized spacial score (nSPS) is 20.9.